The number of halogens is 1. The lowest BCUT2D eigenvalue weighted by Gasteiger charge is -2.44. The molecule has 3 heteroatoms. The second-order valence-electron chi connectivity index (χ2n) is 7.79. The van der Waals surface area contributed by atoms with Crippen LogP contribution in [-0.2, 0) is 6.42 Å². The molecule has 0 spiro atoms. The monoisotopic (exact) mass is 371 g/mol. The van der Waals surface area contributed by atoms with Crippen molar-refractivity contribution < 1.29 is 0 Å². The summed E-state index contributed by atoms with van der Waals surface area (Å²) in [6.07, 6.45) is 6.74. The van der Waals surface area contributed by atoms with Gasteiger partial charge < -0.3 is 5.32 Å². The summed E-state index contributed by atoms with van der Waals surface area (Å²) < 4.78 is 1.31. The molecule has 1 N–H and O–H groups in total. The fourth-order valence-electron chi connectivity index (χ4n) is 3.69. The van der Waals surface area contributed by atoms with E-state index in [9.17, 15) is 0 Å². The van der Waals surface area contributed by atoms with Crippen LogP contribution in [0.1, 0.15) is 58.3 Å². The third kappa shape index (κ3) is 4.56. The van der Waals surface area contributed by atoms with Gasteiger partial charge >= 0.3 is 0 Å². The third-order valence-corrected chi connectivity index (χ3v) is 7.17. The first-order valence-electron chi connectivity index (χ1n) is 8.29. The molecule has 1 nitrogen and oxygen atoms in total. The van der Waals surface area contributed by atoms with E-state index < -0.39 is 0 Å². The average molecular weight is 372 g/mol. The molecule has 0 unspecified atom stereocenters. The summed E-state index contributed by atoms with van der Waals surface area (Å²) in [6.45, 7) is 11.7. The van der Waals surface area contributed by atoms with E-state index in [1.807, 2.05) is 11.3 Å². The van der Waals surface area contributed by atoms with Gasteiger partial charge in [-0.3, -0.25) is 0 Å². The van der Waals surface area contributed by atoms with Crippen LogP contribution in [0, 0.1) is 16.7 Å². The highest BCUT2D eigenvalue weighted by Gasteiger charge is 2.38. The maximum absolute atomic E-state index is 3.72. The molecule has 1 saturated carbocycles. The molecule has 0 atom stereocenters. The van der Waals surface area contributed by atoms with Gasteiger partial charge in [-0.1, -0.05) is 27.7 Å². The molecular formula is C18H30BrNS. The Labute approximate surface area is 143 Å². The predicted octanol–water partition coefficient (Wildman–Crippen LogP) is 5.89. The normalized spacial score (nSPS) is 27.0. The summed E-state index contributed by atoms with van der Waals surface area (Å²) in [4.78, 5) is 1.53. The number of hydrogen-bond acceptors (Lipinski definition) is 2. The zero-order valence-electron chi connectivity index (χ0n) is 14.0. The molecule has 0 aromatic carbocycles. The molecule has 1 aliphatic carbocycles. The van der Waals surface area contributed by atoms with Crippen LogP contribution in [0.2, 0.25) is 0 Å². The van der Waals surface area contributed by atoms with E-state index in [1.54, 1.807) is 0 Å². The smallest absolute Gasteiger partial charge is 0.0314 e. The van der Waals surface area contributed by atoms with Crippen molar-refractivity contribution in [2.45, 2.75) is 59.8 Å². The van der Waals surface area contributed by atoms with Crippen molar-refractivity contribution in [1.29, 1.82) is 0 Å². The first-order valence-corrected chi connectivity index (χ1v) is 9.96. The summed E-state index contributed by atoms with van der Waals surface area (Å²) in [7, 11) is 0. The number of nitrogens with one attached hydrogen (secondary N) is 1. The van der Waals surface area contributed by atoms with Gasteiger partial charge in [0, 0.05) is 15.9 Å². The van der Waals surface area contributed by atoms with Crippen molar-refractivity contribution in [1.82, 2.24) is 5.32 Å². The van der Waals surface area contributed by atoms with E-state index in [4.69, 9.17) is 0 Å². The van der Waals surface area contributed by atoms with Gasteiger partial charge in [-0.25, -0.2) is 0 Å². The SMILES string of the molecule is CCNCC1(Cc2sccc2Br)CCC(C(C)(C)C)CC1. The molecule has 1 aromatic rings. The Bertz CT molecular complexity index is 438. The Morgan fingerprint density at radius 2 is 2.00 bits per heavy atom. The van der Waals surface area contributed by atoms with E-state index >= 15 is 0 Å². The van der Waals surface area contributed by atoms with Crippen LogP contribution in [0.25, 0.3) is 0 Å². The largest absolute Gasteiger partial charge is 0.316 e. The van der Waals surface area contributed by atoms with Gasteiger partial charge in [0.1, 0.15) is 0 Å². The highest BCUT2D eigenvalue weighted by Crippen LogP contribution is 2.47. The molecule has 21 heavy (non-hydrogen) atoms. The van der Waals surface area contributed by atoms with Crippen molar-refractivity contribution in [3.8, 4) is 0 Å². The lowest BCUT2D eigenvalue weighted by atomic mass is 9.63. The summed E-state index contributed by atoms with van der Waals surface area (Å²) in [6, 6.07) is 2.20. The van der Waals surface area contributed by atoms with Crippen molar-refractivity contribution in [3.05, 3.63) is 20.8 Å². The first-order chi connectivity index (χ1) is 9.86. The molecule has 0 aliphatic heterocycles. The lowest BCUT2D eigenvalue weighted by Crippen LogP contribution is -2.41. The third-order valence-electron chi connectivity index (χ3n) is 5.25. The van der Waals surface area contributed by atoms with Gasteiger partial charge in [0.2, 0.25) is 0 Å². The summed E-state index contributed by atoms with van der Waals surface area (Å²) in [5.41, 5.74) is 0.930. The molecule has 120 valence electrons. The zero-order chi connectivity index (χ0) is 15.5. The van der Waals surface area contributed by atoms with Gasteiger partial charge in [-0.15, -0.1) is 11.3 Å². The van der Waals surface area contributed by atoms with Gasteiger partial charge in [0.05, 0.1) is 0 Å². The van der Waals surface area contributed by atoms with Crippen molar-refractivity contribution in [3.63, 3.8) is 0 Å². The zero-order valence-corrected chi connectivity index (χ0v) is 16.4. The first kappa shape index (κ1) is 17.5. The molecular weight excluding hydrogens is 342 g/mol. The van der Waals surface area contributed by atoms with Crippen molar-refractivity contribution >= 4 is 27.3 Å². The van der Waals surface area contributed by atoms with Gasteiger partial charge in [-0.05, 0) is 82.8 Å². The number of hydrogen-bond donors (Lipinski definition) is 1. The van der Waals surface area contributed by atoms with E-state index in [0.29, 0.717) is 10.8 Å². The van der Waals surface area contributed by atoms with Crippen LogP contribution < -0.4 is 5.32 Å². The fourth-order valence-corrected chi connectivity index (χ4v) is 5.36. The maximum atomic E-state index is 3.72. The van der Waals surface area contributed by atoms with E-state index in [1.165, 1.54) is 48.0 Å². The highest BCUT2D eigenvalue weighted by molar-refractivity contribution is 9.10. The van der Waals surface area contributed by atoms with Crippen LogP contribution in [0.5, 0.6) is 0 Å². The van der Waals surface area contributed by atoms with Crippen LogP contribution in [0.15, 0.2) is 15.9 Å². The average Bonchev–Trinajstić information content (AvgIpc) is 2.81. The van der Waals surface area contributed by atoms with E-state index in [2.05, 4.69) is 60.4 Å². The maximum Gasteiger partial charge on any atom is 0.0314 e. The van der Waals surface area contributed by atoms with Crippen LogP contribution >= 0.6 is 27.3 Å². The highest BCUT2D eigenvalue weighted by atomic mass is 79.9. The summed E-state index contributed by atoms with van der Waals surface area (Å²) >= 11 is 5.63. The quantitative estimate of drug-likeness (QED) is 0.680. The van der Waals surface area contributed by atoms with Gasteiger partial charge in [-0.2, -0.15) is 0 Å². The Morgan fingerprint density at radius 3 is 2.48 bits per heavy atom. The molecule has 1 aliphatic rings. The Balaban J connectivity index is 2.07. The topological polar surface area (TPSA) is 12.0 Å². The summed E-state index contributed by atoms with van der Waals surface area (Å²) in [5.74, 6) is 0.888. The Hall–Kier alpha value is 0.140. The molecule has 2 rings (SSSR count). The van der Waals surface area contributed by atoms with Crippen LogP contribution in [-0.4, -0.2) is 13.1 Å². The minimum Gasteiger partial charge on any atom is -0.316 e. The number of rotatable bonds is 5. The Morgan fingerprint density at radius 1 is 1.33 bits per heavy atom. The van der Waals surface area contributed by atoms with Crippen LogP contribution in [0.4, 0.5) is 0 Å². The fraction of sp³-hybridized carbons (Fsp3) is 0.778. The molecule has 0 saturated heterocycles. The molecule has 0 radical (unpaired) electrons. The minimum absolute atomic E-state index is 0.463. The number of thiophene rings is 1. The molecule has 0 amide bonds. The molecule has 1 heterocycles. The molecule has 1 aromatic heterocycles. The standard InChI is InChI=1S/C18H30BrNS/c1-5-20-13-18(12-16-15(19)8-11-21-16)9-6-14(7-10-18)17(2,3)4/h8,11,14,20H,5-7,9-10,12-13H2,1-4H3. The molecule has 1 fully saturated rings. The van der Waals surface area contributed by atoms with E-state index in [-0.39, 0.29) is 0 Å². The summed E-state index contributed by atoms with van der Waals surface area (Å²) in [5, 5.41) is 5.84. The Kier molecular flexibility index (Phi) is 5.95. The molecule has 0 bridgehead atoms. The van der Waals surface area contributed by atoms with E-state index in [0.717, 1.165) is 12.5 Å². The van der Waals surface area contributed by atoms with Crippen molar-refractivity contribution in [2.75, 3.05) is 13.1 Å². The van der Waals surface area contributed by atoms with Crippen LogP contribution in [0.3, 0.4) is 0 Å². The lowest BCUT2D eigenvalue weighted by molar-refractivity contribution is 0.0870. The van der Waals surface area contributed by atoms with Gasteiger partial charge in [0.25, 0.3) is 0 Å². The second kappa shape index (κ2) is 7.14. The minimum atomic E-state index is 0.463. The predicted molar refractivity (Wildman–Crippen MR) is 98.1 cm³/mol. The second-order valence-corrected chi connectivity index (χ2v) is 9.64. The van der Waals surface area contributed by atoms with Gasteiger partial charge in [0.15, 0.2) is 0 Å². The van der Waals surface area contributed by atoms with Crippen molar-refractivity contribution in [2.24, 2.45) is 16.7 Å².